The zero-order chi connectivity index (χ0) is 17.8. The average molecular weight is 334 g/mol. The van der Waals surface area contributed by atoms with Gasteiger partial charge in [-0.3, -0.25) is 0 Å². The van der Waals surface area contributed by atoms with Gasteiger partial charge in [-0.15, -0.1) is 0 Å². The van der Waals surface area contributed by atoms with Crippen molar-refractivity contribution in [2.45, 2.75) is 33.0 Å². The van der Waals surface area contributed by atoms with Crippen LogP contribution in [0.15, 0.2) is 48.8 Å². The van der Waals surface area contributed by atoms with Crippen LogP contribution in [0.1, 0.15) is 25.8 Å². The van der Waals surface area contributed by atoms with Crippen molar-refractivity contribution < 1.29 is 23.7 Å². The lowest BCUT2D eigenvalue weighted by Crippen LogP contribution is -2.19. The predicted octanol–water partition coefficient (Wildman–Crippen LogP) is 3.64. The maximum atomic E-state index is 11.8. The van der Waals surface area contributed by atoms with Crippen molar-refractivity contribution in [3.05, 3.63) is 54.3 Å². The number of hydrogen-bond donors (Lipinski definition) is 0. The van der Waals surface area contributed by atoms with E-state index in [0.29, 0.717) is 25.4 Å². The van der Waals surface area contributed by atoms with E-state index in [1.807, 2.05) is 38.1 Å². The molecule has 0 saturated heterocycles. The number of methoxy groups -OCH3 is 1. The second-order valence-corrected chi connectivity index (χ2v) is 5.04. The number of rotatable bonds is 11. The molecular weight excluding hydrogens is 308 g/mol. The van der Waals surface area contributed by atoms with Gasteiger partial charge in [0.05, 0.1) is 20.3 Å². The summed E-state index contributed by atoms with van der Waals surface area (Å²) in [6.07, 6.45) is 3.82. The Bertz CT molecular complexity index is 533. The molecule has 0 aliphatic carbocycles. The molecule has 0 spiro atoms. The fraction of sp³-hybridized carbons (Fsp3) is 0.421. The summed E-state index contributed by atoms with van der Waals surface area (Å²) in [5, 5.41) is 0. The molecule has 0 amide bonds. The molecule has 0 bridgehead atoms. The molecule has 0 heterocycles. The summed E-state index contributed by atoms with van der Waals surface area (Å²) in [7, 11) is 1.61. The third-order valence-corrected chi connectivity index (χ3v) is 3.16. The number of benzene rings is 1. The molecule has 1 atom stereocenters. The number of hydrogen-bond acceptors (Lipinski definition) is 5. The largest absolute Gasteiger partial charge is 0.497 e. The lowest BCUT2D eigenvalue weighted by Gasteiger charge is -2.13. The van der Waals surface area contributed by atoms with Gasteiger partial charge in [-0.2, -0.15) is 0 Å². The van der Waals surface area contributed by atoms with Crippen molar-refractivity contribution in [2.24, 2.45) is 0 Å². The van der Waals surface area contributed by atoms with E-state index in [2.05, 4.69) is 6.58 Å². The molecule has 24 heavy (non-hydrogen) atoms. The van der Waals surface area contributed by atoms with E-state index < -0.39 is 5.97 Å². The molecule has 5 nitrogen and oxygen atoms in total. The average Bonchev–Trinajstić information content (AvgIpc) is 2.59. The molecule has 0 saturated carbocycles. The molecule has 132 valence electrons. The summed E-state index contributed by atoms with van der Waals surface area (Å²) in [6.45, 7) is 8.36. The minimum Gasteiger partial charge on any atom is -0.497 e. The van der Waals surface area contributed by atoms with Gasteiger partial charge in [0.2, 0.25) is 0 Å². The zero-order valence-electron chi connectivity index (χ0n) is 14.6. The molecular formula is C19H26O5. The predicted molar refractivity (Wildman–Crippen MR) is 92.7 cm³/mol. The zero-order valence-corrected chi connectivity index (χ0v) is 14.6. The first-order chi connectivity index (χ1) is 11.6. The molecule has 1 rings (SSSR count). The molecule has 1 unspecified atom stereocenters. The van der Waals surface area contributed by atoms with Gasteiger partial charge >= 0.3 is 5.97 Å². The molecule has 0 fully saturated rings. The van der Waals surface area contributed by atoms with Crippen molar-refractivity contribution in [3.63, 3.8) is 0 Å². The van der Waals surface area contributed by atoms with E-state index in [-0.39, 0.29) is 12.7 Å². The fourth-order valence-corrected chi connectivity index (χ4v) is 1.88. The van der Waals surface area contributed by atoms with E-state index in [1.165, 1.54) is 0 Å². The van der Waals surface area contributed by atoms with E-state index in [9.17, 15) is 4.79 Å². The van der Waals surface area contributed by atoms with Gasteiger partial charge in [0.25, 0.3) is 0 Å². The Hall–Kier alpha value is -2.27. The van der Waals surface area contributed by atoms with Crippen LogP contribution in [0.25, 0.3) is 0 Å². The number of allylic oxidation sites excluding steroid dienone is 1. The van der Waals surface area contributed by atoms with Crippen LogP contribution >= 0.6 is 0 Å². The SMILES string of the molecule is C=C(/C=C/C(CC)OC(=O)COCc1ccc(OC)cc1)OCC. The molecule has 5 heteroatoms. The van der Waals surface area contributed by atoms with Crippen LogP contribution in [0, 0.1) is 0 Å². The Balaban J connectivity index is 2.34. The minimum absolute atomic E-state index is 0.0945. The van der Waals surface area contributed by atoms with Crippen molar-refractivity contribution in [1.82, 2.24) is 0 Å². The monoisotopic (exact) mass is 334 g/mol. The van der Waals surface area contributed by atoms with Crippen LogP contribution in [-0.2, 0) is 25.6 Å². The molecule has 1 aromatic carbocycles. The van der Waals surface area contributed by atoms with Gasteiger partial charge < -0.3 is 18.9 Å². The molecule has 0 aliphatic heterocycles. The van der Waals surface area contributed by atoms with Crippen molar-refractivity contribution >= 4 is 5.97 Å². The lowest BCUT2D eigenvalue weighted by molar-refractivity contribution is -0.152. The normalized spacial score (nSPS) is 12.0. The second-order valence-electron chi connectivity index (χ2n) is 5.04. The van der Waals surface area contributed by atoms with Crippen LogP contribution in [0.5, 0.6) is 5.75 Å². The van der Waals surface area contributed by atoms with Gasteiger partial charge in [0.15, 0.2) is 0 Å². The molecule has 0 N–H and O–H groups in total. The standard InChI is InChI=1S/C19H26O5/c1-5-17(10-7-15(3)23-6-2)24-19(20)14-22-13-16-8-11-18(21-4)12-9-16/h7-12,17H,3,5-6,13-14H2,1-2,4H3/b10-7+. The first kappa shape index (κ1) is 19.8. The quantitative estimate of drug-likeness (QED) is 0.351. The maximum absolute atomic E-state index is 11.8. The van der Waals surface area contributed by atoms with Crippen LogP contribution in [0.4, 0.5) is 0 Å². The molecule has 1 aromatic rings. The second kappa shape index (κ2) is 11.3. The third kappa shape index (κ3) is 7.83. The highest BCUT2D eigenvalue weighted by atomic mass is 16.6. The summed E-state index contributed by atoms with van der Waals surface area (Å²) in [6, 6.07) is 7.47. The van der Waals surface area contributed by atoms with E-state index >= 15 is 0 Å². The molecule has 0 radical (unpaired) electrons. The summed E-state index contributed by atoms with van der Waals surface area (Å²) >= 11 is 0. The number of ether oxygens (including phenoxy) is 4. The number of carbonyl (C=O) groups excluding carboxylic acids is 1. The number of esters is 1. The summed E-state index contributed by atoms with van der Waals surface area (Å²) < 4.78 is 21.0. The Kier molecular flexibility index (Phi) is 9.31. The smallest absolute Gasteiger partial charge is 0.332 e. The van der Waals surface area contributed by atoms with Crippen molar-refractivity contribution in [2.75, 3.05) is 20.3 Å². The van der Waals surface area contributed by atoms with Gasteiger partial charge in [-0.25, -0.2) is 4.79 Å². The van der Waals surface area contributed by atoms with Crippen molar-refractivity contribution in [3.8, 4) is 5.75 Å². The molecule has 0 aromatic heterocycles. The fourth-order valence-electron chi connectivity index (χ4n) is 1.88. The van der Waals surface area contributed by atoms with Gasteiger partial charge in [0.1, 0.15) is 24.2 Å². The van der Waals surface area contributed by atoms with Crippen LogP contribution < -0.4 is 4.74 Å². The minimum atomic E-state index is -0.401. The Morgan fingerprint density at radius 1 is 1.25 bits per heavy atom. The van der Waals surface area contributed by atoms with E-state index in [1.54, 1.807) is 19.3 Å². The Morgan fingerprint density at radius 3 is 2.54 bits per heavy atom. The number of carbonyl (C=O) groups is 1. The Morgan fingerprint density at radius 2 is 1.96 bits per heavy atom. The summed E-state index contributed by atoms with van der Waals surface area (Å²) in [5.74, 6) is 0.925. The first-order valence-electron chi connectivity index (χ1n) is 7.99. The Labute approximate surface area is 143 Å². The highest BCUT2D eigenvalue weighted by Gasteiger charge is 2.10. The lowest BCUT2D eigenvalue weighted by atomic mass is 10.2. The van der Waals surface area contributed by atoms with Gasteiger partial charge in [-0.1, -0.05) is 25.6 Å². The van der Waals surface area contributed by atoms with Crippen LogP contribution in [0.2, 0.25) is 0 Å². The highest BCUT2D eigenvalue weighted by molar-refractivity contribution is 5.71. The summed E-state index contributed by atoms with van der Waals surface area (Å²) in [5.41, 5.74) is 0.962. The third-order valence-electron chi connectivity index (χ3n) is 3.16. The van der Waals surface area contributed by atoms with E-state index in [4.69, 9.17) is 18.9 Å². The molecule has 0 aliphatic rings. The topological polar surface area (TPSA) is 54.0 Å². The summed E-state index contributed by atoms with van der Waals surface area (Å²) in [4.78, 5) is 11.8. The van der Waals surface area contributed by atoms with Crippen LogP contribution in [-0.4, -0.2) is 32.4 Å². The van der Waals surface area contributed by atoms with E-state index in [0.717, 1.165) is 11.3 Å². The van der Waals surface area contributed by atoms with Gasteiger partial charge in [-0.05, 0) is 43.2 Å². The maximum Gasteiger partial charge on any atom is 0.332 e. The first-order valence-corrected chi connectivity index (χ1v) is 7.99. The van der Waals surface area contributed by atoms with Crippen molar-refractivity contribution in [1.29, 1.82) is 0 Å². The van der Waals surface area contributed by atoms with Crippen LogP contribution in [0.3, 0.4) is 0 Å². The van der Waals surface area contributed by atoms with Gasteiger partial charge in [0, 0.05) is 0 Å². The highest BCUT2D eigenvalue weighted by Crippen LogP contribution is 2.12.